The quantitative estimate of drug-likeness (QED) is 0.357. The van der Waals surface area contributed by atoms with Gasteiger partial charge in [-0.25, -0.2) is 4.79 Å². The number of anilines is 2. The fourth-order valence-corrected chi connectivity index (χ4v) is 6.48. The van der Waals surface area contributed by atoms with Crippen molar-refractivity contribution >= 4 is 58.3 Å². The number of aryl methyl sites for hydroxylation is 1. The summed E-state index contributed by atoms with van der Waals surface area (Å²) in [6.45, 7) is 1.60. The molecule has 2 saturated carbocycles. The summed E-state index contributed by atoms with van der Waals surface area (Å²) < 4.78 is 5.11. The van der Waals surface area contributed by atoms with E-state index in [4.69, 9.17) is 27.9 Å². The summed E-state index contributed by atoms with van der Waals surface area (Å²) in [5, 5.41) is 2.05. The van der Waals surface area contributed by atoms with Crippen LogP contribution in [-0.2, 0) is 25.5 Å². The van der Waals surface area contributed by atoms with Gasteiger partial charge in [-0.2, -0.15) is 0 Å². The van der Waals surface area contributed by atoms with Gasteiger partial charge in [0.1, 0.15) is 0 Å². The van der Waals surface area contributed by atoms with Crippen molar-refractivity contribution in [3.63, 3.8) is 0 Å². The fourth-order valence-electron chi connectivity index (χ4n) is 5.59. The molecule has 0 aromatic heterocycles. The molecule has 5 rings (SSSR count). The Balaban J connectivity index is 1.20. The van der Waals surface area contributed by atoms with Gasteiger partial charge in [-0.05, 0) is 66.6 Å². The van der Waals surface area contributed by atoms with Crippen LogP contribution in [0.5, 0.6) is 0 Å². The van der Waals surface area contributed by atoms with E-state index in [0.717, 1.165) is 12.0 Å². The summed E-state index contributed by atoms with van der Waals surface area (Å²) in [6, 6.07) is 13.4. The molecule has 2 aromatic carbocycles. The molecule has 2 bridgehead atoms. The van der Waals surface area contributed by atoms with Crippen molar-refractivity contribution in [3.8, 4) is 0 Å². The lowest BCUT2D eigenvalue weighted by molar-refractivity contribution is -0.123. The van der Waals surface area contributed by atoms with Crippen LogP contribution in [0.1, 0.15) is 29.3 Å². The number of benzene rings is 2. The van der Waals surface area contributed by atoms with Gasteiger partial charge in [0, 0.05) is 5.69 Å². The number of hydrogen-bond donors (Lipinski definition) is 1. The van der Waals surface area contributed by atoms with E-state index >= 15 is 0 Å². The lowest BCUT2D eigenvalue weighted by Gasteiger charge is -2.28. The Morgan fingerprint density at radius 2 is 1.51 bits per heavy atom. The first-order valence-electron chi connectivity index (χ1n) is 11.6. The Morgan fingerprint density at radius 1 is 0.943 bits per heavy atom. The molecule has 0 unspecified atom stereocenters. The first kappa shape index (κ1) is 23.8. The Kier molecular flexibility index (Phi) is 6.32. The zero-order valence-electron chi connectivity index (χ0n) is 18.9. The number of fused-ring (bicyclic) bond motifs is 5. The molecular formula is C26H24Cl2N2O5. The average molecular weight is 515 g/mol. The molecule has 0 radical (unpaired) electrons. The number of carbonyl (C=O) groups is 4. The standard InChI is InChI=1S/C26H24Cl2N2O5/c1-2-13-3-7-15(8-4-13)29-19(31)12-35-26(34)14-5-9-16(10-6-14)30-24(32)20-17-11-18(21(20)25(30)33)23(28)22(17)27/h3-10,17-18,20-23H,2,11-12H2,1H3,(H,29,31)/t17-,18-,20-,21+,22+,23+/m1/s1. The highest BCUT2D eigenvalue weighted by Crippen LogP contribution is 2.59. The van der Waals surface area contributed by atoms with Crippen LogP contribution in [0, 0.1) is 23.7 Å². The third kappa shape index (κ3) is 4.10. The molecule has 1 N–H and O–H groups in total. The number of rotatable bonds is 6. The predicted molar refractivity (Wildman–Crippen MR) is 132 cm³/mol. The molecule has 3 aliphatic rings. The van der Waals surface area contributed by atoms with Crippen molar-refractivity contribution in [2.45, 2.75) is 30.5 Å². The molecule has 9 heteroatoms. The first-order chi connectivity index (χ1) is 16.8. The molecule has 2 aromatic rings. The van der Waals surface area contributed by atoms with E-state index in [1.54, 1.807) is 12.1 Å². The Morgan fingerprint density at radius 3 is 2.06 bits per heavy atom. The number of hydrogen-bond acceptors (Lipinski definition) is 5. The van der Waals surface area contributed by atoms with Crippen LogP contribution in [0.25, 0.3) is 0 Å². The van der Waals surface area contributed by atoms with Crippen LogP contribution in [0.3, 0.4) is 0 Å². The van der Waals surface area contributed by atoms with Crippen molar-refractivity contribution < 1.29 is 23.9 Å². The van der Waals surface area contributed by atoms with Crippen molar-refractivity contribution in [2.24, 2.45) is 23.7 Å². The molecule has 0 spiro atoms. The minimum absolute atomic E-state index is 0.0967. The number of nitrogens with one attached hydrogen (secondary N) is 1. The number of halogens is 2. The van der Waals surface area contributed by atoms with Crippen LogP contribution in [0.15, 0.2) is 48.5 Å². The van der Waals surface area contributed by atoms with E-state index in [9.17, 15) is 19.2 Å². The molecule has 182 valence electrons. The Bertz CT molecular complexity index is 1150. The maximum absolute atomic E-state index is 13.1. The zero-order valence-corrected chi connectivity index (χ0v) is 20.5. The second kappa shape index (κ2) is 9.28. The molecule has 1 aliphatic heterocycles. The summed E-state index contributed by atoms with van der Waals surface area (Å²) in [5.74, 6) is -2.74. The SMILES string of the molecule is CCc1ccc(NC(=O)COC(=O)c2ccc(N3C(=O)[C@@H]4[C@H]5C[C@@H]([C@H](Cl)[C@H]5Cl)[C@@H]4C3=O)cc2)cc1. The van der Waals surface area contributed by atoms with Crippen molar-refractivity contribution in [3.05, 3.63) is 59.7 Å². The van der Waals surface area contributed by atoms with Gasteiger partial charge >= 0.3 is 5.97 Å². The van der Waals surface area contributed by atoms with E-state index < -0.39 is 30.3 Å². The number of ether oxygens (including phenoxy) is 1. The van der Waals surface area contributed by atoms with Crippen molar-refractivity contribution in [1.82, 2.24) is 0 Å². The van der Waals surface area contributed by atoms with Crippen molar-refractivity contribution in [1.29, 1.82) is 0 Å². The first-order valence-corrected chi connectivity index (χ1v) is 12.5. The lowest BCUT2D eigenvalue weighted by atomic mass is 9.80. The third-order valence-electron chi connectivity index (χ3n) is 7.33. The molecule has 3 fully saturated rings. The highest BCUT2D eigenvalue weighted by Gasteiger charge is 2.66. The third-order valence-corrected chi connectivity index (χ3v) is 8.65. The van der Waals surface area contributed by atoms with Gasteiger partial charge in [-0.15, -0.1) is 23.2 Å². The van der Waals surface area contributed by atoms with Gasteiger partial charge in [0.2, 0.25) is 11.8 Å². The summed E-state index contributed by atoms with van der Waals surface area (Å²) in [6.07, 6.45) is 1.60. The van der Waals surface area contributed by atoms with Crippen LogP contribution < -0.4 is 10.2 Å². The molecule has 35 heavy (non-hydrogen) atoms. The van der Waals surface area contributed by atoms with Gasteiger partial charge in [0.05, 0.1) is 33.8 Å². The van der Waals surface area contributed by atoms with Crippen molar-refractivity contribution in [2.75, 3.05) is 16.8 Å². The van der Waals surface area contributed by atoms with Gasteiger partial charge < -0.3 is 10.1 Å². The number of alkyl halides is 2. The predicted octanol–water partition coefficient (Wildman–Crippen LogP) is 4.01. The second-order valence-electron chi connectivity index (χ2n) is 9.24. The van der Waals surface area contributed by atoms with Crippen LogP contribution in [0.2, 0.25) is 0 Å². The topological polar surface area (TPSA) is 92.8 Å². The molecule has 7 nitrogen and oxygen atoms in total. The maximum Gasteiger partial charge on any atom is 0.338 e. The van der Waals surface area contributed by atoms with Crippen LogP contribution >= 0.6 is 23.2 Å². The monoisotopic (exact) mass is 514 g/mol. The second-order valence-corrected chi connectivity index (χ2v) is 10.2. The largest absolute Gasteiger partial charge is 0.452 e. The van der Waals surface area contributed by atoms with Crippen LogP contribution in [0.4, 0.5) is 11.4 Å². The number of amides is 3. The average Bonchev–Trinajstić information content (AvgIpc) is 3.48. The summed E-state index contributed by atoms with van der Waals surface area (Å²) in [7, 11) is 0. The van der Waals surface area contributed by atoms with Gasteiger partial charge in [-0.3, -0.25) is 19.3 Å². The number of esters is 1. The zero-order chi connectivity index (χ0) is 24.9. The molecule has 2 aliphatic carbocycles. The normalized spacial score (nSPS) is 28.8. The Hall–Kier alpha value is -2.90. The van der Waals surface area contributed by atoms with Crippen LogP contribution in [-0.4, -0.2) is 41.1 Å². The van der Waals surface area contributed by atoms with E-state index in [1.165, 1.54) is 29.2 Å². The number of imide groups is 1. The van der Waals surface area contributed by atoms with E-state index in [2.05, 4.69) is 5.32 Å². The van der Waals surface area contributed by atoms with E-state index in [-0.39, 0.29) is 40.0 Å². The summed E-state index contributed by atoms with van der Waals surface area (Å²) in [4.78, 5) is 51.9. The lowest BCUT2D eigenvalue weighted by Crippen LogP contribution is -2.37. The van der Waals surface area contributed by atoms with E-state index in [0.29, 0.717) is 17.8 Å². The van der Waals surface area contributed by atoms with Gasteiger partial charge in [-0.1, -0.05) is 19.1 Å². The molecular weight excluding hydrogens is 491 g/mol. The number of nitrogens with zero attached hydrogens (tertiary/aromatic N) is 1. The minimum Gasteiger partial charge on any atom is -0.452 e. The number of carbonyl (C=O) groups excluding carboxylic acids is 4. The maximum atomic E-state index is 13.1. The molecule has 1 saturated heterocycles. The highest BCUT2D eigenvalue weighted by molar-refractivity contribution is 6.32. The van der Waals surface area contributed by atoms with E-state index in [1.807, 2.05) is 19.1 Å². The smallest absolute Gasteiger partial charge is 0.338 e. The highest BCUT2D eigenvalue weighted by atomic mass is 35.5. The fraction of sp³-hybridized carbons (Fsp3) is 0.385. The molecule has 3 amide bonds. The summed E-state index contributed by atoms with van der Waals surface area (Å²) in [5.41, 5.74) is 2.36. The molecule has 6 atom stereocenters. The summed E-state index contributed by atoms with van der Waals surface area (Å²) >= 11 is 12.8. The Labute approximate surface area is 212 Å². The minimum atomic E-state index is -0.683. The van der Waals surface area contributed by atoms with Gasteiger partial charge in [0.25, 0.3) is 5.91 Å². The van der Waals surface area contributed by atoms with Gasteiger partial charge in [0.15, 0.2) is 6.61 Å². The molecule has 1 heterocycles.